The molecule has 0 radical (unpaired) electrons. The lowest BCUT2D eigenvalue weighted by atomic mass is 9.95. The van der Waals surface area contributed by atoms with E-state index in [4.69, 9.17) is 14.2 Å². The zero-order valence-corrected chi connectivity index (χ0v) is 17.1. The minimum absolute atomic E-state index is 0.0718. The average molecular weight is 408 g/mol. The molecule has 30 heavy (non-hydrogen) atoms. The lowest BCUT2D eigenvalue weighted by Crippen LogP contribution is -2.20. The number of phenols is 1. The SMILES string of the molecule is O=C1CC(c2ccc(OCC3CCCC3)cc2)Oc2cc(OCC3CC3)cc(O)c21. The minimum atomic E-state index is -0.382. The van der Waals surface area contributed by atoms with E-state index in [0.717, 1.165) is 17.9 Å². The Morgan fingerprint density at radius 2 is 1.57 bits per heavy atom. The Labute approximate surface area is 177 Å². The second kappa shape index (κ2) is 8.21. The smallest absolute Gasteiger partial charge is 0.174 e. The highest BCUT2D eigenvalue weighted by Crippen LogP contribution is 2.42. The first-order valence-corrected chi connectivity index (χ1v) is 11.1. The van der Waals surface area contributed by atoms with Gasteiger partial charge in [0.05, 0.1) is 19.6 Å². The minimum Gasteiger partial charge on any atom is -0.507 e. The third-order valence-electron chi connectivity index (χ3n) is 6.37. The lowest BCUT2D eigenvalue weighted by Gasteiger charge is -2.26. The molecule has 0 aromatic heterocycles. The second-order valence-electron chi connectivity index (χ2n) is 8.83. The maximum Gasteiger partial charge on any atom is 0.174 e. The molecule has 5 rings (SSSR count). The standard InChI is InChI=1S/C25H28O5/c26-21-11-20(29-15-17-5-6-17)12-24-25(21)22(27)13-23(30-24)18-7-9-19(10-8-18)28-14-16-3-1-2-4-16/h7-12,16-17,23,26H,1-6,13-15H2. The number of fused-ring (bicyclic) bond motifs is 1. The first-order chi connectivity index (χ1) is 14.7. The van der Waals surface area contributed by atoms with E-state index in [2.05, 4.69) is 0 Å². The Balaban J connectivity index is 1.27. The molecule has 1 atom stereocenters. The molecule has 2 aliphatic carbocycles. The van der Waals surface area contributed by atoms with Gasteiger partial charge in [0.25, 0.3) is 0 Å². The van der Waals surface area contributed by atoms with Gasteiger partial charge in [-0.05, 0) is 55.2 Å². The predicted molar refractivity (Wildman–Crippen MR) is 113 cm³/mol. The number of ketones is 1. The molecule has 3 aliphatic rings. The summed E-state index contributed by atoms with van der Waals surface area (Å²) in [5.41, 5.74) is 1.17. The fourth-order valence-electron chi connectivity index (χ4n) is 4.35. The van der Waals surface area contributed by atoms with Crippen LogP contribution in [0.5, 0.6) is 23.0 Å². The highest BCUT2D eigenvalue weighted by molar-refractivity contribution is 6.02. The van der Waals surface area contributed by atoms with Gasteiger partial charge in [0.15, 0.2) is 5.78 Å². The van der Waals surface area contributed by atoms with Gasteiger partial charge in [0, 0.05) is 12.1 Å². The van der Waals surface area contributed by atoms with Gasteiger partial charge >= 0.3 is 0 Å². The Morgan fingerprint density at radius 1 is 0.900 bits per heavy atom. The number of aromatic hydroxyl groups is 1. The molecule has 0 bridgehead atoms. The summed E-state index contributed by atoms with van der Waals surface area (Å²) in [5, 5.41) is 10.3. The molecule has 1 N–H and O–H groups in total. The molecule has 1 heterocycles. The molecule has 5 heteroatoms. The molecule has 2 aromatic rings. The highest BCUT2D eigenvalue weighted by atomic mass is 16.5. The van der Waals surface area contributed by atoms with Crippen LogP contribution in [0.4, 0.5) is 0 Å². The number of hydrogen-bond donors (Lipinski definition) is 1. The van der Waals surface area contributed by atoms with E-state index in [1.54, 1.807) is 6.07 Å². The number of hydrogen-bond acceptors (Lipinski definition) is 5. The average Bonchev–Trinajstić information content (AvgIpc) is 3.43. The van der Waals surface area contributed by atoms with Crippen molar-refractivity contribution in [2.45, 2.75) is 51.0 Å². The van der Waals surface area contributed by atoms with Crippen LogP contribution in [0, 0.1) is 11.8 Å². The van der Waals surface area contributed by atoms with E-state index in [1.165, 1.54) is 44.6 Å². The van der Waals surface area contributed by atoms with Gasteiger partial charge < -0.3 is 19.3 Å². The van der Waals surface area contributed by atoms with Crippen molar-refractivity contribution in [3.63, 3.8) is 0 Å². The molecule has 2 aromatic carbocycles. The van der Waals surface area contributed by atoms with Crippen molar-refractivity contribution in [1.82, 2.24) is 0 Å². The van der Waals surface area contributed by atoms with Crippen LogP contribution in [-0.2, 0) is 0 Å². The summed E-state index contributed by atoms with van der Waals surface area (Å²) in [6.07, 6.45) is 7.33. The lowest BCUT2D eigenvalue weighted by molar-refractivity contribution is 0.0844. The van der Waals surface area contributed by atoms with Crippen LogP contribution >= 0.6 is 0 Å². The van der Waals surface area contributed by atoms with Gasteiger partial charge in [0.2, 0.25) is 0 Å². The van der Waals surface area contributed by atoms with Gasteiger partial charge in [-0.1, -0.05) is 25.0 Å². The molecule has 5 nitrogen and oxygen atoms in total. The zero-order chi connectivity index (χ0) is 20.5. The van der Waals surface area contributed by atoms with Crippen LogP contribution < -0.4 is 14.2 Å². The fourth-order valence-corrected chi connectivity index (χ4v) is 4.35. The van der Waals surface area contributed by atoms with Crippen LogP contribution in [0.3, 0.4) is 0 Å². The van der Waals surface area contributed by atoms with Crippen molar-refractivity contribution in [3.8, 4) is 23.0 Å². The predicted octanol–water partition coefficient (Wildman–Crippen LogP) is 5.46. The summed E-state index contributed by atoms with van der Waals surface area (Å²) in [4.78, 5) is 12.7. The van der Waals surface area contributed by atoms with Gasteiger partial charge in [-0.2, -0.15) is 0 Å². The van der Waals surface area contributed by atoms with E-state index in [1.807, 2.05) is 24.3 Å². The van der Waals surface area contributed by atoms with Crippen LogP contribution in [0.15, 0.2) is 36.4 Å². The van der Waals surface area contributed by atoms with Gasteiger partial charge in [0.1, 0.15) is 34.7 Å². The Morgan fingerprint density at radius 3 is 2.27 bits per heavy atom. The van der Waals surface area contributed by atoms with E-state index < -0.39 is 0 Å². The van der Waals surface area contributed by atoms with Crippen LogP contribution in [0.2, 0.25) is 0 Å². The molecule has 2 fully saturated rings. The van der Waals surface area contributed by atoms with Crippen molar-refractivity contribution in [1.29, 1.82) is 0 Å². The summed E-state index contributed by atoms with van der Waals surface area (Å²) in [5.74, 6) is 2.87. The molecule has 0 amide bonds. The number of phenolic OH excluding ortho intramolecular Hbond substituents is 1. The van der Waals surface area contributed by atoms with Gasteiger partial charge in [-0.3, -0.25) is 4.79 Å². The highest BCUT2D eigenvalue weighted by Gasteiger charge is 2.31. The third-order valence-corrected chi connectivity index (χ3v) is 6.37. The number of carbonyl (C=O) groups excluding carboxylic acids is 1. The fraction of sp³-hybridized carbons (Fsp3) is 0.480. The quantitative estimate of drug-likeness (QED) is 0.659. The largest absolute Gasteiger partial charge is 0.507 e. The van der Waals surface area contributed by atoms with E-state index >= 15 is 0 Å². The van der Waals surface area contributed by atoms with Gasteiger partial charge in [-0.25, -0.2) is 0 Å². The first-order valence-electron chi connectivity index (χ1n) is 11.1. The van der Waals surface area contributed by atoms with E-state index in [0.29, 0.717) is 29.9 Å². The number of ether oxygens (including phenoxy) is 3. The van der Waals surface area contributed by atoms with Crippen LogP contribution in [-0.4, -0.2) is 24.1 Å². The Hall–Kier alpha value is -2.69. The normalized spacial score (nSPS) is 21.2. The van der Waals surface area contributed by atoms with Crippen molar-refractivity contribution in [3.05, 3.63) is 47.5 Å². The first kappa shape index (κ1) is 19.3. The molecule has 2 saturated carbocycles. The maximum atomic E-state index is 12.7. The monoisotopic (exact) mass is 408 g/mol. The number of Topliss-reactive ketones (excluding diaryl/α,β-unsaturated/α-hetero) is 1. The van der Waals surface area contributed by atoms with Crippen molar-refractivity contribution in [2.75, 3.05) is 13.2 Å². The maximum absolute atomic E-state index is 12.7. The van der Waals surface area contributed by atoms with Crippen LogP contribution in [0.25, 0.3) is 0 Å². The van der Waals surface area contributed by atoms with E-state index in [-0.39, 0.29) is 29.6 Å². The van der Waals surface area contributed by atoms with Crippen molar-refractivity contribution < 1.29 is 24.1 Å². The number of benzene rings is 2. The Bertz CT molecular complexity index is 910. The number of carbonyl (C=O) groups is 1. The molecule has 158 valence electrons. The molecular weight excluding hydrogens is 380 g/mol. The number of rotatable bonds is 7. The Kier molecular flexibility index (Phi) is 5.28. The molecule has 1 aliphatic heterocycles. The van der Waals surface area contributed by atoms with E-state index in [9.17, 15) is 9.90 Å². The third kappa shape index (κ3) is 4.25. The topological polar surface area (TPSA) is 65.0 Å². The van der Waals surface area contributed by atoms with Crippen molar-refractivity contribution >= 4 is 5.78 Å². The summed E-state index contributed by atoms with van der Waals surface area (Å²) < 4.78 is 17.8. The molecule has 0 saturated heterocycles. The second-order valence-corrected chi connectivity index (χ2v) is 8.83. The van der Waals surface area contributed by atoms with Crippen LogP contribution in [0.1, 0.15) is 67.0 Å². The van der Waals surface area contributed by atoms with Gasteiger partial charge in [-0.15, -0.1) is 0 Å². The molecular formula is C25H28O5. The molecule has 0 spiro atoms. The summed E-state index contributed by atoms with van der Waals surface area (Å²) >= 11 is 0. The summed E-state index contributed by atoms with van der Waals surface area (Å²) in [6, 6.07) is 11.0. The van der Waals surface area contributed by atoms with Crippen molar-refractivity contribution in [2.24, 2.45) is 11.8 Å². The zero-order valence-electron chi connectivity index (χ0n) is 17.1. The molecule has 1 unspecified atom stereocenters. The summed E-state index contributed by atoms with van der Waals surface area (Å²) in [7, 11) is 0. The summed E-state index contributed by atoms with van der Waals surface area (Å²) in [6.45, 7) is 1.41.